The van der Waals surface area contributed by atoms with Gasteiger partial charge < -0.3 is 4.74 Å². The fourth-order valence-corrected chi connectivity index (χ4v) is 0.583. The van der Waals surface area contributed by atoms with Gasteiger partial charge in [0.25, 0.3) is 0 Å². The van der Waals surface area contributed by atoms with Crippen LogP contribution < -0.4 is 0 Å². The minimum atomic E-state index is 0.792. The average molecular weight is 140 g/mol. The number of rotatable bonds is 4. The van der Waals surface area contributed by atoms with E-state index in [9.17, 15) is 0 Å². The third-order valence-corrected chi connectivity index (χ3v) is 1.02. The maximum absolute atomic E-state index is 5.23. The van der Waals surface area contributed by atoms with Crippen molar-refractivity contribution < 1.29 is 4.74 Å². The molecule has 0 heterocycles. The number of hydrogen-bond acceptors (Lipinski definition) is 1. The number of ether oxygens (including phenoxy) is 1. The fourth-order valence-electron chi connectivity index (χ4n) is 0.583. The average Bonchev–Trinajstić information content (AvgIpc) is 1.97. The predicted molar refractivity (Wildman–Crippen MR) is 43.8 cm³/mol. The summed E-state index contributed by atoms with van der Waals surface area (Å²) in [6.07, 6.45) is 2.93. The van der Waals surface area contributed by atoms with Gasteiger partial charge in [0.1, 0.15) is 0 Å². The molecule has 0 atom stereocenters. The molecule has 0 spiro atoms. The van der Waals surface area contributed by atoms with Crippen molar-refractivity contribution in [1.29, 1.82) is 0 Å². The molecule has 0 aliphatic rings. The first-order chi connectivity index (χ1) is 4.91. The summed E-state index contributed by atoms with van der Waals surface area (Å²) >= 11 is 0. The van der Waals surface area contributed by atoms with Crippen molar-refractivity contribution >= 4 is 0 Å². The van der Waals surface area contributed by atoms with Crippen molar-refractivity contribution in [3.63, 3.8) is 0 Å². The van der Waals surface area contributed by atoms with E-state index in [1.807, 2.05) is 0 Å². The predicted octanol–water partition coefficient (Wildman–Crippen LogP) is 2.22. The van der Waals surface area contributed by atoms with Gasteiger partial charge in [-0.3, -0.25) is 0 Å². The smallest absolute Gasteiger partial charge is 0.0575 e. The van der Waals surface area contributed by atoms with Crippen LogP contribution in [0, 0.1) is 11.8 Å². The summed E-state index contributed by atoms with van der Waals surface area (Å²) in [5.74, 6) is 6.01. The molecule has 0 amide bonds. The van der Waals surface area contributed by atoms with E-state index < -0.39 is 0 Å². The highest BCUT2D eigenvalue weighted by Gasteiger charge is 1.80. The molecule has 1 nitrogen and oxygen atoms in total. The first kappa shape index (κ1) is 9.52. The van der Waals surface area contributed by atoms with Crippen LogP contribution in [0.25, 0.3) is 0 Å². The van der Waals surface area contributed by atoms with Crippen molar-refractivity contribution in [2.45, 2.75) is 33.1 Å². The summed E-state index contributed by atoms with van der Waals surface area (Å²) in [6, 6.07) is 0. The summed E-state index contributed by atoms with van der Waals surface area (Å²) in [5, 5.41) is 0. The van der Waals surface area contributed by atoms with Crippen LogP contribution in [0.1, 0.15) is 33.1 Å². The molecule has 0 fully saturated rings. The molecule has 58 valence electrons. The van der Waals surface area contributed by atoms with Crippen LogP contribution in [0.2, 0.25) is 0 Å². The third kappa shape index (κ3) is 7.52. The van der Waals surface area contributed by atoms with Crippen molar-refractivity contribution in [2.24, 2.45) is 0 Å². The van der Waals surface area contributed by atoms with Crippen LogP contribution >= 0.6 is 0 Å². The molecule has 0 aliphatic heterocycles. The third-order valence-electron chi connectivity index (χ3n) is 1.02. The Morgan fingerprint density at radius 3 is 2.50 bits per heavy atom. The summed E-state index contributed by atoms with van der Waals surface area (Å²) in [6.45, 7) is 5.83. The van der Waals surface area contributed by atoms with Gasteiger partial charge in [-0.2, -0.15) is 0 Å². The van der Waals surface area contributed by atoms with Crippen LogP contribution in [-0.2, 0) is 4.74 Å². The van der Waals surface area contributed by atoms with Gasteiger partial charge >= 0.3 is 0 Å². The Bertz CT molecular complexity index is 108. The second-order valence-electron chi connectivity index (χ2n) is 2.07. The quantitative estimate of drug-likeness (QED) is 0.430. The van der Waals surface area contributed by atoms with E-state index in [4.69, 9.17) is 4.74 Å². The highest BCUT2D eigenvalue weighted by atomic mass is 16.5. The Balaban J connectivity index is 2.90. The minimum absolute atomic E-state index is 0.792. The van der Waals surface area contributed by atoms with Crippen LogP contribution in [0.5, 0.6) is 0 Å². The topological polar surface area (TPSA) is 9.23 Å². The van der Waals surface area contributed by atoms with E-state index in [-0.39, 0.29) is 0 Å². The first-order valence-electron chi connectivity index (χ1n) is 3.95. The van der Waals surface area contributed by atoms with Gasteiger partial charge in [0.15, 0.2) is 0 Å². The Labute approximate surface area is 63.8 Å². The zero-order valence-electron chi connectivity index (χ0n) is 6.94. The van der Waals surface area contributed by atoms with E-state index in [0.717, 1.165) is 32.5 Å². The summed E-state index contributed by atoms with van der Waals surface area (Å²) in [4.78, 5) is 0. The molecule has 0 rings (SSSR count). The molecule has 0 aliphatic carbocycles. The normalized spacial score (nSPS) is 8.60. The standard InChI is InChI=1S/C9H16O/c1-3-5-6-7-9-10-8-4-2/h3-4,7-9H2,1-2H3. The maximum atomic E-state index is 5.23. The minimum Gasteiger partial charge on any atom is -0.380 e. The van der Waals surface area contributed by atoms with Crippen molar-refractivity contribution in [1.82, 2.24) is 0 Å². The van der Waals surface area contributed by atoms with Crippen molar-refractivity contribution in [3.05, 3.63) is 0 Å². The van der Waals surface area contributed by atoms with Gasteiger partial charge in [0.2, 0.25) is 0 Å². The molecule has 10 heavy (non-hydrogen) atoms. The second-order valence-corrected chi connectivity index (χ2v) is 2.07. The molecule has 1 heteroatoms. The van der Waals surface area contributed by atoms with Gasteiger partial charge in [0.05, 0.1) is 6.61 Å². The van der Waals surface area contributed by atoms with Crippen LogP contribution in [0.4, 0.5) is 0 Å². The lowest BCUT2D eigenvalue weighted by Gasteiger charge is -1.95. The van der Waals surface area contributed by atoms with Gasteiger partial charge in [-0.15, -0.1) is 11.8 Å². The van der Waals surface area contributed by atoms with Gasteiger partial charge in [-0.25, -0.2) is 0 Å². The lowest BCUT2D eigenvalue weighted by atomic mass is 10.4. The Morgan fingerprint density at radius 2 is 1.90 bits per heavy atom. The summed E-state index contributed by atoms with van der Waals surface area (Å²) < 4.78 is 5.23. The Morgan fingerprint density at radius 1 is 1.10 bits per heavy atom. The van der Waals surface area contributed by atoms with Crippen molar-refractivity contribution in [2.75, 3.05) is 13.2 Å². The monoisotopic (exact) mass is 140 g/mol. The van der Waals surface area contributed by atoms with E-state index in [1.54, 1.807) is 0 Å². The van der Waals surface area contributed by atoms with Crippen LogP contribution in [0.3, 0.4) is 0 Å². The SMILES string of the molecule is CCC#CCCOCCC. The van der Waals surface area contributed by atoms with E-state index in [2.05, 4.69) is 25.7 Å². The molecule has 0 radical (unpaired) electrons. The number of hydrogen-bond donors (Lipinski definition) is 0. The summed E-state index contributed by atoms with van der Waals surface area (Å²) in [7, 11) is 0. The van der Waals surface area contributed by atoms with E-state index >= 15 is 0 Å². The molecule has 0 aromatic heterocycles. The van der Waals surface area contributed by atoms with Gasteiger partial charge in [-0.05, 0) is 6.42 Å². The molecule has 0 saturated carbocycles. The molecule has 0 bridgehead atoms. The second kappa shape index (κ2) is 8.52. The molecular weight excluding hydrogens is 124 g/mol. The van der Waals surface area contributed by atoms with E-state index in [0.29, 0.717) is 0 Å². The Hall–Kier alpha value is -0.480. The van der Waals surface area contributed by atoms with E-state index in [1.165, 1.54) is 0 Å². The molecule has 0 N–H and O–H groups in total. The van der Waals surface area contributed by atoms with Gasteiger partial charge in [0, 0.05) is 19.4 Å². The lowest BCUT2D eigenvalue weighted by Crippen LogP contribution is -1.93. The lowest BCUT2D eigenvalue weighted by molar-refractivity contribution is 0.140. The Kier molecular flexibility index (Phi) is 8.11. The van der Waals surface area contributed by atoms with Crippen molar-refractivity contribution in [3.8, 4) is 11.8 Å². The zero-order valence-corrected chi connectivity index (χ0v) is 6.94. The molecule has 0 unspecified atom stereocenters. The zero-order chi connectivity index (χ0) is 7.66. The molecule has 0 aromatic rings. The highest BCUT2D eigenvalue weighted by Crippen LogP contribution is 1.83. The van der Waals surface area contributed by atoms with Crippen LogP contribution in [-0.4, -0.2) is 13.2 Å². The largest absolute Gasteiger partial charge is 0.380 e. The summed E-state index contributed by atoms with van der Waals surface area (Å²) in [5.41, 5.74) is 0. The fraction of sp³-hybridized carbons (Fsp3) is 0.778. The first-order valence-corrected chi connectivity index (χ1v) is 3.95. The highest BCUT2D eigenvalue weighted by molar-refractivity contribution is 4.97. The maximum Gasteiger partial charge on any atom is 0.0575 e. The molecule has 0 aromatic carbocycles. The van der Waals surface area contributed by atoms with Gasteiger partial charge in [-0.1, -0.05) is 13.8 Å². The molecular formula is C9H16O. The van der Waals surface area contributed by atoms with Crippen LogP contribution in [0.15, 0.2) is 0 Å². The molecule has 0 saturated heterocycles.